The summed E-state index contributed by atoms with van der Waals surface area (Å²) in [6.07, 6.45) is 9.30. The highest BCUT2D eigenvalue weighted by Crippen LogP contribution is 2.39. The minimum absolute atomic E-state index is 0.0119. The fourth-order valence-electron chi connectivity index (χ4n) is 4.63. The summed E-state index contributed by atoms with van der Waals surface area (Å²) in [5.41, 5.74) is 5.07. The van der Waals surface area contributed by atoms with Crippen molar-refractivity contribution in [1.29, 1.82) is 0 Å². The molecular formula is C24H33N5O. The predicted molar refractivity (Wildman–Crippen MR) is 119 cm³/mol. The molecule has 4 rings (SSSR count). The van der Waals surface area contributed by atoms with Crippen LogP contribution in [0.1, 0.15) is 68.1 Å². The lowest BCUT2D eigenvalue weighted by molar-refractivity contribution is -0.138. The highest BCUT2D eigenvalue weighted by molar-refractivity contribution is 5.86. The molecule has 6 heteroatoms. The number of fused-ring (bicyclic) bond motifs is 1. The Labute approximate surface area is 179 Å². The van der Waals surface area contributed by atoms with Crippen molar-refractivity contribution in [3.63, 3.8) is 0 Å². The first-order valence-electron chi connectivity index (χ1n) is 11.1. The van der Waals surface area contributed by atoms with Gasteiger partial charge in [0.25, 0.3) is 0 Å². The lowest BCUT2D eigenvalue weighted by Gasteiger charge is -2.38. The molecule has 30 heavy (non-hydrogen) atoms. The maximum absolute atomic E-state index is 13.7. The van der Waals surface area contributed by atoms with E-state index in [0.29, 0.717) is 5.92 Å². The number of amides is 1. The minimum Gasteiger partial charge on any atom is -0.332 e. The molecule has 2 aromatic heterocycles. The van der Waals surface area contributed by atoms with E-state index >= 15 is 0 Å². The third-order valence-corrected chi connectivity index (χ3v) is 6.40. The first kappa shape index (κ1) is 20.8. The van der Waals surface area contributed by atoms with Gasteiger partial charge in [0.2, 0.25) is 5.91 Å². The van der Waals surface area contributed by atoms with Crippen molar-refractivity contribution in [2.24, 2.45) is 0 Å². The smallest absolute Gasteiger partial charge is 0.245 e. The molecule has 1 saturated heterocycles. The van der Waals surface area contributed by atoms with Crippen LogP contribution in [0.5, 0.6) is 0 Å². The van der Waals surface area contributed by atoms with Gasteiger partial charge in [-0.05, 0) is 71.7 Å². The van der Waals surface area contributed by atoms with Gasteiger partial charge in [0.1, 0.15) is 6.04 Å². The van der Waals surface area contributed by atoms with Crippen molar-refractivity contribution >= 4 is 11.6 Å². The molecule has 1 amide bonds. The Bertz CT molecular complexity index is 985. The van der Waals surface area contributed by atoms with Crippen LogP contribution in [0.25, 0.3) is 5.65 Å². The van der Waals surface area contributed by atoms with E-state index in [1.807, 2.05) is 41.4 Å². The Kier molecular flexibility index (Phi) is 5.78. The standard InChI is InChI=1S/C24H33N5O/c1-6-17(7-2)23(27(4)5)24(30)28-13-9-8-10-21(28)20-15-22-25-19(18-11-12-18)14-16(3)29(22)26-20/h6-7,14-15,18,21,23H,1,8-13H2,2-5H3. The molecule has 2 aliphatic rings. The Morgan fingerprint density at radius 1 is 1.23 bits per heavy atom. The van der Waals surface area contributed by atoms with Gasteiger partial charge in [-0.3, -0.25) is 9.69 Å². The van der Waals surface area contributed by atoms with Gasteiger partial charge in [-0.25, -0.2) is 9.50 Å². The van der Waals surface area contributed by atoms with E-state index < -0.39 is 0 Å². The van der Waals surface area contributed by atoms with Gasteiger partial charge in [-0.2, -0.15) is 5.10 Å². The summed E-state index contributed by atoms with van der Waals surface area (Å²) in [7, 11) is 3.90. The second-order valence-corrected chi connectivity index (χ2v) is 8.84. The van der Waals surface area contributed by atoms with Crippen LogP contribution in [-0.2, 0) is 4.79 Å². The number of carbonyl (C=O) groups is 1. The SMILES string of the molecule is C=CC(=CC)C(C(=O)N1CCCCC1c1cc2nc(C3CC3)cc(C)n2n1)N(C)C. The number of aryl methyl sites for hydroxylation is 1. The van der Waals surface area contributed by atoms with Crippen LogP contribution >= 0.6 is 0 Å². The maximum atomic E-state index is 13.7. The number of rotatable bonds is 6. The number of likely N-dealkylation sites (tertiary alicyclic amines) is 1. The number of aromatic nitrogens is 3. The van der Waals surface area contributed by atoms with E-state index in [1.54, 1.807) is 6.08 Å². The van der Waals surface area contributed by atoms with Gasteiger partial charge in [-0.15, -0.1) is 0 Å². The second kappa shape index (κ2) is 8.34. The molecule has 0 radical (unpaired) electrons. The maximum Gasteiger partial charge on any atom is 0.245 e. The van der Waals surface area contributed by atoms with Gasteiger partial charge in [0.15, 0.2) is 5.65 Å². The Balaban J connectivity index is 1.69. The minimum atomic E-state index is -0.327. The third-order valence-electron chi connectivity index (χ3n) is 6.40. The molecule has 2 aromatic rings. The fourth-order valence-corrected chi connectivity index (χ4v) is 4.63. The first-order valence-corrected chi connectivity index (χ1v) is 11.1. The summed E-state index contributed by atoms with van der Waals surface area (Å²) in [6, 6.07) is 3.91. The van der Waals surface area contributed by atoms with Crippen LogP contribution in [0.4, 0.5) is 0 Å². The van der Waals surface area contributed by atoms with Gasteiger partial charge in [0.05, 0.1) is 11.7 Å². The number of hydrogen-bond acceptors (Lipinski definition) is 4. The highest BCUT2D eigenvalue weighted by atomic mass is 16.2. The molecule has 0 bridgehead atoms. The molecule has 1 saturated carbocycles. The van der Waals surface area contributed by atoms with Crippen LogP contribution in [0, 0.1) is 6.92 Å². The lowest BCUT2D eigenvalue weighted by atomic mass is 9.96. The van der Waals surface area contributed by atoms with Crippen LogP contribution in [0.15, 0.2) is 36.4 Å². The van der Waals surface area contributed by atoms with E-state index in [0.717, 1.165) is 48.4 Å². The number of piperidine rings is 1. The molecule has 6 nitrogen and oxygen atoms in total. The normalized spacial score (nSPS) is 21.3. The zero-order valence-electron chi connectivity index (χ0n) is 18.6. The van der Waals surface area contributed by atoms with E-state index in [9.17, 15) is 4.79 Å². The van der Waals surface area contributed by atoms with Crippen molar-refractivity contribution in [1.82, 2.24) is 24.4 Å². The number of likely N-dealkylation sites (N-methyl/N-ethyl adjacent to an activating group) is 1. The summed E-state index contributed by atoms with van der Waals surface area (Å²) in [6.45, 7) is 8.73. The Morgan fingerprint density at radius 3 is 2.63 bits per heavy atom. The van der Waals surface area contributed by atoms with Gasteiger partial charge >= 0.3 is 0 Å². The number of carbonyl (C=O) groups excluding carboxylic acids is 1. The Morgan fingerprint density at radius 2 is 2.00 bits per heavy atom. The van der Waals surface area contributed by atoms with Crippen molar-refractivity contribution in [3.05, 3.63) is 53.5 Å². The summed E-state index contributed by atoms with van der Waals surface area (Å²) in [5, 5.41) is 4.89. The van der Waals surface area contributed by atoms with Crippen LogP contribution < -0.4 is 0 Å². The lowest BCUT2D eigenvalue weighted by Crippen LogP contribution is -2.49. The molecule has 2 unspecified atom stereocenters. The van der Waals surface area contributed by atoms with Crippen molar-refractivity contribution in [2.45, 2.75) is 64.0 Å². The first-order chi connectivity index (χ1) is 14.4. The third kappa shape index (κ3) is 3.81. The molecule has 3 heterocycles. The number of hydrogen-bond donors (Lipinski definition) is 0. The van der Waals surface area contributed by atoms with E-state index in [1.165, 1.54) is 18.5 Å². The van der Waals surface area contributed by atoms with Crippen molar-refractivity contribution < 1.29 is 4.79 Å². The van der Waals surface area contributed by atoms with Gasteiger partial charge in [-0.1, -0.05) is 18.7 Å². The largest absolute Gasteiger partial charge is 0.332 e. The topological polar surface area (TPSA) is 53.7 Å². The van der Waals surface area contributed by atoms with E-state index in [2.05, 4.69) is 25.6 Å². The van der Waals surface area contributed by atoms with Gasteiger partial charge in [0, 0.05) is 29.9 Å². The van der Waals surface area contributed by atoms with Crippen LogP contribution in [0.3, 0.4) is 0 Å². The van der Waals surface area contributed by atoms with E-state index in [-0.39, 0.29) is 18.0 Å². The van der Waals surface area contributed by atoms with Crippen molar-refractivity contribution in [3.8, 4) is 0 Å². The molecule has 1 aliphatic heterocycles. The summed E-state index contributed by atoms with van der Waals surface area (Å²) < 4.78 is 1.93. The fraction of sp³-hybridized carbons (Fsp3) is 0.542. The summed E-state index contributed by atoms with van der Waals surface area (Å²) >= 11 is 0. The molecule has 1 aliphatic carbocycles. The predicted octanol–water partition coefficient (Wildman–Crippen LogP) is 4.03. The van der Waals surface area contributed by atoms with Gasteiger partial charge < -0.3 is 4.90 Å². The summed E-state index contributed by atoms with van der Waals surface area (Å²) in [5.74, 6) is 0.733. The zero-order chi connectivity index (χ0) is 21.4. The molecule has 2 atom stereocenters. The molecular weight excluding hydrogens is 374 g/mol. The molecule has 0 N–H and O–H groups in total. The monoisotopic (exact) mass is 407 g/mol. The number of allylic oxidation sites excluding steroid dienone is 1. The Hall–Kier alpha value is -2.47. The molecule has 0 aromatic carbocycles. The second-order valence-electron chi connectivity index (χ2n) is 8.84. The number of nitrogens with zero attached hydrogens (tertiary/aromatic N) is 5. The molecule has 160 valence electrons. The highest BCUT2D eigenvalue weighted by Gasteiger charge is 2.36. The average Bonchev–Trinajstić information content (AvgIpc) is 3.50. The molecule has 2 fully saturated rings. The van der Waals surface area contributed by atoms with Crippen LogP contribution in [-0.4, -0.2) is 57.0 Å². The van der Waals surface area contributed by atoms with Crippen LogP contribution in [0.2, 0.25) is 0 Å². The average molecular weight is 408 g/mol. The quantitative estimate of drug-likeness (QED) is 0.679. The molecule has 0 spiro atoms. The zero-order valence-corrected chi connectivity index (χ0v) is 18.6. The van der Waals surface area contributed by atoms with Crippen molar-refractivity contribution in [2.75, 3.05) is 20.6 Å². The summed E-state index contributed by atoms with van der Waals surface area (Å²) in [4.78, 5) is 22.5. The van der Waals surface area contributed by atoms with E-state index in [4.69, 9.17) is 10.1 Å².